The molecule has 1 saturated carbocycles. The predicted octanol–water partition coefficient (Wildman–Crippen LogP) is 4.22. The van der Waals surface area contributed by atoms with Crippen molar-refractivity contribution in [3.05, 3.63) is 34.4 Å². The van der Waals surface area contributed by atoms with Crippen LogP contribution in [0.15, 0.2) is 12.1 Å². The first-order chi connectivity index (χ1) is 14.1. The number of rotatable bonds is 5. The molecule has 3 rings (SSSR count). The summed E-state index contributed by atoms with van der Waals surface area (Å²) in [6.45, 7) is 0.0424. The van der Waals surface area contributed by atoms with E-state index < -0.39 is 52.8 Å². The minimum Gasteiger partial charge on any atom is -0.347 e. The van der Waals surface area contributed by atoms with E-state index >= 15 is 0 Å². The van der Waals surface area contributed by atoms with Crippen molar-refractivity contribution in [2.45, 2.75) is 50.4 Å². The van der Waals surface area contributed by atoms with Crippen LogP contribution in [0.3, 0.4) is 0 Å². The van der Waals surface area contributed by atoms with Gasteiger partial charge in [0.05, 0.1) is 12.0 Å². The van der Waals surface area contributed by atoms with Crippen LogP contribution in [-0.4, -0.2) is 30.7 Å². The fourth-order valence-corrected chi connectivity index (χ4v) is 4.19. The van der Waals surface area contributed by atoms with Gasteiger partial charge >= 0.3 is 12.2 Å². The highest BCUT2D eigenvalue weighted by Gasteiger charge is 2.42. The van der Waals surface area contributed by atoms with Crippen LogP contribution in [-0.2, 0) is 4.79 Å². The van der Waals surface area contributed by atoms with E-state index in [0.717, 1.165) is 12.1 Å². The Morgan fingerprint density at radius 3 is 2.43 bits per heavy atom. The van der Waals surface area contributed by atoms with Crippen LogP contribution >= 0.6 is 11.6 Å². The molecular formula is C19H21ClF5N3O2. The van der Waals surface area contributed by atoms with Crippen molar-refractivity contribution in [3.63, 3.8) is 0 Å². The molecule has 166 valence electrons. The fourth-order valence-electron chi connectivity index (χ4n) is 4.02. The topological polar surface area (TPSA) is 70.2 Å². The first kappa shape index (κ1) is 22.6. The third kappa shape index (κ3) is 5.14. The summed E-state index contributed by atoms with van der Waals surface area (Å²) in [5.74, 6) is -4.12. The fraction of sp³-hybridized carbons (Fsp3) is 0.579. The predicted molar refractivity (Wildman–Crippen MR) is 98.7 cm³/mol. The van der Waals surface area contributed by atoms with Gasteiger partial charge in [-0.05, 0) is 44.1 Å². The lowest BCUT2D eigenvalue weighted by Crippen LogP contribution is -2.45. The molecule has 11 heteroatoms. The lowest BCUT2D eigenvalue weighted by atomic mass is 9.78. The summed E-state index contributed by atoms with van der Waals surface area (Å²) in [4.78, 5) is 23.8. The second-order valence-electron chi connectivity index (χ2n) is 7.73. The highest BCUT2D eigenvalue weighted by molar-refractivity contribution is 6.31. The Morgan fingerprint density at radius 1 is 1.20 bits per heavy atom. The Balaban J connectivity index is 1.76. The minimum atomic E-state index is -4.25. The molecule has 1 aromatic rings. The van der Waals surface area contributed by atoms with Crippen molar-refractivity contribution in [2.24, 2.45) is 11.8 Å². The van der Waals surface area contributed by atoms with Gasteiger partial charge in [0.25, 0.3) is 0 Å². The summed E-state index contributed by atoms with van der Waals surface area (Å²) in [7, 11) is 0. The number of carbonyl (C=O) groups is 2. The molecule has 30 heavy (non-hydrogen) atoms. The number of urea groups is 1. The lowest BCUT2D eigenvalue weighted by Gasteiger charge is -2.32. The first-order valence-corrected chi connectivity index (χ1v) is 9.99. The Morgan fingerprint density at radius 2 is 1.87 bits per heavy atom. The Kier molecular flexibility index (Phi) is 6.74. The average Bonchev–Trinajstić information content (AvgIpc) is 3.12. The third-order valence-electron chi connectivity index (χ3n) is 5.72. The molecule has 0 spiro atoms. The molecule has 5 nitrogen and oxygen atoms in total. The van der Waals surface area contributed by atoms with Crippen molar-refractivity contribution in [1.29, 1.82) is 0 Å². The molecule has 2 fully saturated rings. The number of alkyl halides is 3. The number of hydrogen-bond acceptors (Lipinski definition) is 2. The van der Waals surface area contributed by atoms with Gasteiger partial charge in [-0.25, -0.2) is 13.6 Å². The van der Waals surface area contributed by atoms with Gasteiger partial charge in [0.2, 0.25) is 5.91 Å². The zero-order valence-corrected chi connectivity index (χ0v) is 16.5. The molecule has 1 aliphatic heterocycles. The van der Waals surface area contributed by atoms with Gasteiger partial charge in [0.1, 0.15) is 22.7 Å². The summed E-state index contributed by atoms with van der Waals surface area (Å²) < 4.78 is 66.9. The molecule has 3 amide bonds. The number of hydrogen-bond donors (Lipinski definition) is 3. The van der Waals surface area contributed by atoms with E-state index in [1.54, 1.807) is 0 Å². The van der Waals surface area contributed by atoms with Gasteiger partial charge in [-0.1, -0.05) is 17.7 Å². The zero-order chi connectivity index (χ0) is 22.1. The molecule has 1 aromatic carbocycles. The van der Waals surface area contributed by atoms with Crippen LogP contribution in [0.5, 0.6) is 0 Å². The molecule has 2 aliphatic rings. The number of carbonyl (C=O) groups excluding carboxylic acids is 2. The van der Waals surface area contributed by atoms with E-state index in [1.165, 1.54) is 0 Å². The number of amides is 3. The largest absolute Gasteiger partial charge is 0.391 e. The van der Waals surface area contributed by atoms with Crippen molar-refractivity contribution < 1.29 is 31.5 Å². The lowest BCUT2D eigenvalue weighted by molar-refractivity contribution is -0.184. The second kappa shape index (κ2) is 8.95. The van der Waals surface area contributed by atoms with E-state index in [-0.39, 0.29) is 50.1 Å². The third-order valence-corrected chi connectivity index (χ3v) is 6.07. The standard InChI is InChI=1S/C19H21ClF5N3O2/c20-15-12(21)6-5-11(16(15)22)13(27-17(29)14-8-26-18(30)28-14)7-9-1-3-10(4-2-9)19(23,24)25/h5-6,9-10,13-14H,1-4,7-8H2,(H,27,29)(H2,26,28,30)/t9-,10-,13-,14-/m0/s1. The van der Waals surface area contributed by atoms with Crippen LogP contribution in [0.4, 0.5) is 26.7 Å². The molecule has 0 aromatic heterocycles. The number of nitrogens with one attached hydrogen (secondary N) is 3. The van der Waals surface area contributed by atoms with Gasteiger partial charge in [-0.3, -0.25) is 4.79 Å². The summed E-state index contributed by atoms with van der Waals surface area (Å²) in [5, 5.41) is 6.75. The molecular weight excluding hydrogens is 433 g/mol. The number of halogens is 6. The molecule has 1 aliphatic carbocycles. The molecule has 3 N–H and O–H groups in total. The monoisotopic (exact) mass is 453 g/mol. The normalized spacial score (nSPS) is 25.4. The molecule has 1 saturated heterocycles. The smallest absolute Gasteiger partial charge is 0.347 e. The van der Waals surface area contributed by atoms with Crippen molar-refractivity contribution in [1.82, 2.24) is 16.0 Å². The van der Waals surface area contributed by atoms with Crippen LogP contribution in [0.2, 0.25) is 5.02 Å². The quantitative estimate of drug-likeness (QED) is 0.461. The van der Waals surface area contributed by atoms with E-state index in [1.807, 2.05) is 0 Å². The van der Waals surface area contributed by atoms with Crippen LogP contribution < -0.4 is 16.0 Å². The SMILES string of the molecule is O=C1NC[C@@H](C(=O)N[C@@H](C[C@H]2CC[C@H](C(F)(F)F)CC2)c2ccc(F)c(Cl)c2F)N1. The van der Waals surface area contributed by atoms with Crippen molar-refractivity contribution in [3.8, 4) is 0 Å². The van der Waals surface area contributed by atoms with E-state index in [0.29, 0.717) is 0 Å². The molecule has 0 bridgehead atoms. The van der Waals surface area contributed by atoms with Crippen LogP contribution in [0, 0.1) is 23.5 Å². The maximum Gasteiger partial charge on any atom is 0.391 e. The Labute approximate surface area is 174 Å². The highest BCUT2D eigenvalue weighted by Crippen LogP contribution is 2.42. The Hall–Kier alpha value is -2.10. The van der Waals surface area contributed by atoms with Crippen molar-refractivity contribution in [2.75, 3.05) is 6.54 Å². The maximum absolute atomic E-state index is 14.6. The van der Waals surface area contributed by atoms with Gasteiger partial charge in [-0.15, -0.1) is 0 Å². The van der Waals surface area contributed by atoms with Gasteiger partial charge in [0, 0.05) is 12.1 Å². The summed E-state index contributed by atoms with van der Waals surface area (Å²) in [6.07, 6.45) is -3.61. The van der Waals surface area contributed by atoms with Crippen molar-refractivity contribution >= 4 is 23.5 Å². The van der Waals surface area contributed by atoms with E-state index in [9.17, 15) is 31.5 Å². The van der Waals surface area contributed by atoms with Gasteiger partial charge < -0.3 is 16.0 Å². The maximum atomic E-state index is 14.6. The zero-order valence-electron chi connectivity index (χ0n) is 15.8. The molecule has 2 atom stereocenters. The van der Waals surface area contributed by atoms with Crippen LogP contribution in [0.1, 0.15) is 43.7 Å². The van der Waals surface area contributed by atoms with Crippen LogP contribution in [0.25, 0.3) is 0 Å². The molecule has 0 radical (unpaired) electrons. The number of benzene rings is 1. The summed E-state index contributed by atoms with van der Waals surface area (Å²) >= 11 is 5.67. The Bertz CT molecular complexity index is 812. The second-order valence-corrected chi connectivity index (χ2v) is 8.11. The van der Waals surface area contributed by atoms with E-state index in [2.05, 4.69) is 16.0 Å². The molecule has 0 unspecified atom stereocenters. The summed E-state index contributed by atoms with van der Waals surface area (Å²) in [6, 6.07) is -0.193. The summed E-state index contributed by atoms with van der Waals surface area (Å²) in [5.41, 5.74) is -0.0509. The first-order valence-electron chi connectivity index (χ1n) is 9.61. The van der Waals surface area contributed by atoms with E-state index in [4.69, 9.17) is 11.6 Å². The average molecular weight is 454 g/mol. The minimum absolute atomic E-state index is 0.0376. The molecule has 1 heterocycles. The highest BCUT2D eigenvalue weighted by atomic mass is 35.5. The van der Waals surface area contributed by atoms with Gasteiger partial charge in [0.15, 0.2) is 0 Å². The van der Waals surface area contributed by atoms with Gasteiger partial charge in [-0.2, -0.15) is 13.2 Å².